The molecule has 3 nitrogen and oxygen atoms in total. The van der Waals surface area contributed by atoms with E-state index in [1.165, 1.54) is 22.2 Å². The van der Waals surface area contributed by atoms with E-state index in [1.807, 2.05) is 0 Å². The van der Waals surface area contributed by atoms with Crippen molar-refractivity contribution in [3.8, 4) is 0 Å². The van der Waals surface area contributed by atoms with Gasteiger partial charge in [-0.05, 0) is 38.6 Å². The highest BCUT2D eigenvalue weighted by Gasteiger charge is 2.24. The zero-order chi connectivity index (χ0) is 12.5. The van der Waals surface area contributed by atoms with E-state index < -0.39 is 0 Å². The number of rotatable bonds is 3. The third kappa shape index (κ3) is 2.04. The highest BCUT2D eigenvalue weighted by atomic mass is 16.5. The van der Waals surface area contributed by atoms with E-state index in [4.69, 9.17) is 4.74 Å². The van der Waals surface area contributed by atoms with Crippen LogP contribution in [0.3, 0.4) is 0 Å². The van der Waals surface area contributed by atoms with E-state index in [0.717, 1.165) is 26.0 Å². The van der Waals surface area contributed by atoms with Crippen LogP contribution in [0, 0.1) is 0 Å². The van der Waals surface area contributed by atoms with Crippen molar-refractivity contribution in [3.05, 3.63) is 35.5 Å². The molecule has 0 spiro atoms. The van der Waals surface area contributed by atoms with Crippen LogP contribution < -0.4 is 0 Å². The summed E-state index contributed by atoms with van der Waals surface area (Å²) in [6, 6.07) is 8.55. The Kier molecular flexibility index (Phi) is 3.10. The molecule has 0 fully saturated rings. The first-order valence-electron chi connectivity index (χ1n) is 6.61. The van der Waals surface area contributed by atoms with Gasteiger partial charge in [0, 0.05) is 23.1 Å². The van der Waals surface area contributed by atoms with E-state index in [9.17, 15) is 0 Å². The van der Waals surface area contributed by atoms with Crippen molar-refractivity contribution >= 4 is 10.9 Å². The molecule has 3 heteroatoms. The number of ether oxygens (including phenoxy) is 1. The number of fused-ring (bicyclic) bond motifs is 3. The first kappa shape index (κ1) is 11.8. The van der Waals surface area contributed by atoms with Crippen LogP contribution in [-0.4, -0.2) is 37.1 Å². The molecule has 0 amide bonds. The molecule has 1 atom stereocenters. The Morgan fingerprint density at radius 2 is 2.17 bits per heavy atom. The monoisotopic (exact) mass is 244 g/mol. The van der Waals surface area contributed by atoms with Gasteiger partial charge in [-0.1, -0.05) is 18.2 Å². The van der Waals surface area contributed by atoms with Crippen LogP contribution >= 0.6 is 0 Å². The fourth-order valence-electron chi connectivity index (χ4n) is 2.75. The molecule has 0 saturated carbocycles. The molecule has 0 aliphatic carbocycles. The molecule has 0 radical (unpaired) electrons. The molecular weight excluding hydrogens is 224 g/mol. The minimum absolute atomic E-state index is 0.226. The molecule has 2 aromatic rings. The van der Waals surface area contributed by atoms with E-state index in [2.05, 4.69) is 48.2 Å². The maximum Gasteiger partial charge on any atom is 0.0987 e. The van der Waals surface area contributed by atoms with Gasteiger partial charge in [0.15, 0.2) is 0 Å². The Morgan fingerprint density at radius 1 is 1.33 bits per heavy atom. The Morgan fingerprint density at radius 3 is 3.00 bits per heavy atom. The van der Waals surface area contributed by atoms with Gasteiger partial charge in [0.25, 0.3) is 0 Å². The summed E-state index contributed by atoms with van der Waals surface area (Å²) in [6.07, 6.45) is 2.30. The number of nitrogens with zero attached hydrogens (tertiary/aromatic N) is 1. The molecule has 1 aromatic carbocycles. The third-order valence-corrected chi connectivity index (χ3v) is 3.68. The molecule has 3 rings (SSSR count). The van der Waals surface area contributed by atoms with Crippen molar-refractivity contribution in [2.24, 2.45) is 0 Å². The van der Waals surface area contributed by atoms with Crippen molar-refractivity contribution in [2.75, 3.05) is 27.2 Å². The number of para-hydroxylation sites is 1. The Hall–Kier alpha value is -1.32. The second kappa shape index (κ2) is 4.75. The smallest absolute Gasteiger partial charge is 0.0987 e. The van der Waals surface area contributed by atoms with Crippen LogP contribution in [0.1, 0.15) is 23.8 Å². The van der Waals surface area contributed by atoms with Crippen LogP contribution in [0.25, 0.3) is 10.9 Å². The van der Waals surface area contributed by atoms with Crippen LogP contribution in [0.4, 0.5) is 0 Å². The lowest BCUT2D eigenvalue weighted by molar-refractivity contribution is 0.0300. The summed E-state index contributed by atoms with van der Waals surface area (Å²) >= 11 is 0. The molecule has 1 aliphatic rings. The summed E-state index contributed by atoms with van der Waals surface area (Å²) in [5.74, 6) is 0. The van der Waals surface area contributed by atoms with Crippen molar-refractivity contribution in [3.63, 3.8) is 0 Å². The number of hydrogen-bond acceptors (Lipinski definition) is 2. The average Bonchev–Trinajstić information content (AvgIpc) is 2.75. The van der Waals surface area contributed by atoms with E-state index in [0.29, 0.717) is 0 Å². The fraction of sp³-hybridized carbons (Fsp3) is 0.467. The van der Waals surface area contributed by atoms with Gasteiger partial charge in [0.05, 0.1) is 12.7 Å². The van der Waals surface area contributed by atoms with Gasteiger partial charge < -0.3 is 14.6 Å². The van der Waals surface area contributed by atoms with Gasteiger partial charge in [-0.25, -0.2) is 0 Å². The number of H-pyrrole nitrogens is 1. The lowest BCUT2D eigenvalue weighted by Gasteiger charge is -2.24. The highest BCUT2D eigenvalue weighted by molar-refractivity contribution is 5.85. The zero-order valence-electron chi connectivity index (χ0n) is 11.1. The average molecular weight is 244 g/mol. The molecule has 0 bridgehead atoms. The van der Waals surface area contributed by atoms with Crippen LogP contribution in [0.15, 0.2) is 24.3 Å². The van der Waals surface area contributed by atoms with Gasteiger partial charge in [0.1, 0.15) is 0 Å². The van der Waals surface area contributed by atoms with Gasteiger partial charge >= 0.3 is 0 Å². The number of nitrogens with one attached hydrogen (secondary N) is 1. The molecule has 96 valence electrons. The normalized spacial score (nSPS) is 19.4. The molecular formula is C15H20N2O. The Bertz CT molecular complexity index is 544. The molecule has 18 heavy (non-hydrogen) atoms. The molecule has 1 unspecified atom stereocenters. The van der Waals surface area contributed by atoms with Gasteiger partial charge in [-0.3, -0.25) is 0 Å². The molecule has 2 heterocycles. The lowest BCUT2D eigenvalue weighted by atomic mass is 10.0. The Balaban J connectivity index is 1.95. The van der Waals surface area contributed by atoms with E-state index >= 15 is 0 Å². The summed E-state index contributed by atoms with van der Waals surface area (Å²) in [4.78, 5) is 5.75. The summed E-state index contributed by atoms with van der Waals surface area (Å²) < 4.78 is 5.93. The number of aromatic nitrogens is 1. The summed E-state index contributed by atoms with van der Waals surface area (Å²) in [5.41, 5.74) is 3.99. The molecule has 1 aromatic heterocycles. The van der Waals surface area contributed by atoms with Crippen molar-refractivity contribution in [2.45, 2.75) is 18.9 Å². The SMILES string of the molecule is CN(C)CCC1OCCc2c1[nH]c1ccccc21. The second-order valence-electron chi connectivity index (χ2n) is 5.26. The standard InChI is InChI=1S/C15H20N2O/c1-17(2)9-7-14-15-12(8-10-18-14)11-5-3-4-6-13(11)16-15/h3-6,14,16H,7-10H2,1-2H3. The molecule has 1 N–H and O–H groups in total. The first-order valence-corrected chi connectivity index (χ1v) is 6.61. The van der Waals surface area contributed by atoms with Crippen molar-refractivity contribution in [1.29, 1.82) is 0 Å². The number of aromatic amines is 1. The third-order valence-electron chi connectivity index (χ3n) is 3.68. The highest BCUT2D eigenvalue weighted by Crippen LogP contribution is 2.34. The summed E-state index contributed by atoms with van der Waals surface area (Å²) in [7, 11) is 4.21. The zero-order valence-corrected chi connectivity index (χ0v) is 11.1. The summed E-state index contributed by atoms with van der Waals surface area (Å²) in [6.45, 7) is 1.90. The minimum Gasteiger partial charge on any atom is -0.372 e. The predicted molar refractivity (Wildman–Crippen MR) is 73.9 cm³/mol. The van der Waals surface area contributed by atoms with Crippen LogP contribution in [0.5, 0.6) is 0 Å². The van der Waals surface area contributed by atoms with Crippen LogP contribution in [-0.2, 0) is 11.2 Å². The molecule has 0 saturated heterocycles. The number of hydrogen-bond donors (Lipinski definition) is 1. The van der Waals surface area contributed by atoms with Crippen molar-refractivity contribution < 1.29 is 4.74 Å². The fourth-order valence-corrected chi connectivity index (χ4v) is 2.75. The second-order valence-corrected chi connectivity index (χ2v) is 5.26. The quantitative estimate of drug-likeness (QED) is 0.899. The van der Waals surface area contributed by atoms with Crippen molar-refractivity contribution in [1.82, 2.24) is 9.88 Å². The molecule has 1 aliphatic heterocycles. The van der Waals surface area contributed by atoms with Crippen LogP contribution in [0.2, 0.25) is 0 Å². The minimum atomic E-state index is 0.226. The van der Waals surface area contributed by atoms with E-state index in [1.54, 1.807) is 0 Å². The largest absolute Gasteiger partial charge is 0.372 e. The summed E-state index contributed by atoms with van der Waals surface area (Å²) in [5, 5.41) is 1.37. The first-order chi connectivity index (χ1) is 8.75. The maximum absolute atomic E-state index is 5.93. The van der Waals surface area contributed by atoms with Gasteiger partial charge in [-0.2, -0.15) is 0 Å². The number of benzene rings is 1. The van der Waals surface area contributed by atoms with Gasteiger partial charge in [0.2, 0.25) is 0 Å². The topological polar surface area (TPSA) is 28.3 Å². The maximum atomic E-state index is 5.93. The Labute approximate surface area is 108 Å². The predicted octanol–water partition coefficient (Wildman–Crippen LogP) is 2.73. The van der Waals surface area contributed by atoms with E-state index in [-0.39, 0.29) is 6.10 Å². The lowest BCUT2D eigenvalue weighted by Crippen LogP contribution is -2.21. The van der Waals surface area contributed by atoms with Gasteiger partial charge in [-0.15, -0.1) is 0 Å².